The predicted octanol–water partition coefficient (Wildman–Crippen LogP) is 3.91. The number of carbonyl (C=O) groups excluding carboxylic acids is 1. The first-order chi connectivity index (χ1) is 12.2. The van der Waals surface area contributed by atoms with Crippen LogP contribution in [0.2, 0.25) is 0 Å². The molecule has 4 heteroatoms. The van der Waals surface area contributed by atoms with Crippen LogP contribution in [-0.4, -0.2) is 15.7 Å². The number of carbonyl (C=O) groups is 1. The minimum atomic E-state index is 0.0535. The van der Waals surface area contributed by atoms with Crippen molar-refractivity contribution in [2.24, 2.45) is 0 Å². The second kappa shape index (κ2) is 6.55. The minimum absolute atomic E-state index is 0.0535. The number of hydrogen-bond acceptors (Lipinski definition) is 2. The van der Waals surface area contributed by atoms with E-state index in [0.29, 0.717) is 13.0 Å². The van der Waals surface area contributed by atoms with E-state index in [1.54, 1.807) is 0 Å². The molecule has 4 nitrogen and oxygen atoms in total. The molecule has 0 bridgehead atoms. The first-order valence-electron chi connectivity index (χ1n) is 8.65. The van der Waals surface area contributed by atoms with Gasteiger partial charge < -0.3 is 5.32 Å². The Bertz CT molecular complexity index is 884. The highest BCUT2D eigenvalue weighted by Crippen LogP contribution is 2.36. The Balaban J connectivity index is 1.67. The molecule has 0 unspecified atom stereocenters. The van der Waals surface area contributed by atoms with Gasteiger partial charge in [-0.3, -0.25) is 9.48 Å². The summed E-state index contributed by atoms with van der Waals surface area (Å²) in [6.45, 7) is 2.82. The van der Waals surface area contributed by atoms with Gasteiger partial charge in [0, 0.05) is 23.6 Å². The molecule has 2 aromatic carbocycles. The molecule has 0 spiro atoms. The van der Waals surface area contributed by atoms with Crippen LogP contribution in [0.4, 0.5) is 5.82 Å². The van der Waals surface area contributed by atoms with Crippen molar-refractivity contribution in [1.29, 1.82) is 0 Å². The average molecular weight is 331 g/mol. The minimum Gasteiger partial charge on any atom is -0.309 e. The number of fused-ring (bicyclic) bond motifs is 1. The highest BCUT2D eigenvalue weighted by Gasteiger charge is 2.30. The van der Waals surface area contributed by atoms with Crippen molar-refractivity contribution in [3.8, 4) is 0 Å². The van der Waals surface area contributed by atoms with Crippen LogP contribution in [0, 0.1) is 6.92 Å². The van der Waals surface area contributed by atoms with E-state index in [-0.39, 0.29) is 11.8 Å². The third kappa shape index (κ3) is 3.20. The molecule has 0 radical (unpaired) electrons. The van der Waals surface area contributed by atoms with E-state index in [4.69, 9.17) is 0 Å². The fraction of sp³-hybridized carbons (Fsp3) is 0.238. The number of hydrogen-bond donors (Lipinski definition) is 1. The maximum absolute atomic E-state index is 12.1. The number of benzene rings is 2. The van der Waals surface area contributed by atoms with Crippen LogP contribution in [0.3, 0.4) is 0 Å². The van der Waals surface area contributed by atoms with Crippen molar-refractivity contribution in [3.05, 3.63) is 83.0 Å². The summed E-state index contributed by atoms with van der Waals surface area (Å²) in [5.41, 5.74) is 4.78. The molecule has 1 amide bonds. The van der Waals surface area contributed by atoms with E-state index in [0.717, 1.165) is 17.9 Å². The zero-order valence-corrected chi connectivity index (χ0v) is 14.3. The van der Waals surface area contributed by atoms with Crippen molar-refractivity contribution in [1.82, 2.24) is 9.78 Å². The van der Waals surface area contributed by atoms with Crippen molar-refractivity contribution in [3.63, 3.8) is 0 Å². The van der Waals surface area contributed by atoms with E-state index in [1.807, 2.05) is 41.1 Å². The molecule has 0 saturated heterocycles. The third-order valence-corrected chi connectivity index (χ3v) is 4.85. The van der Waals surface area contributed by atoms with Gasteiger partial charge in [0.05, 0.1) is 6.54 Å². The summed E-state index contributed by atoms with van der Waals surface area (Å²) in [7, 11) is 0. The van der Waals surface area contributed by atoms with Crippen LogP contribution in [0.25, 0.3) is 0 Å². The highest BCUT2D eigenvalue weighted by molar-refractivity contribution is 5.93. The van der Waals surface area contributed by atoms with Crippen LogP contribution < -0.4 is 5.32 Å². The number of aromatic nitrogens is 2. The van der Waals surface area contributed by atoms with Gasteiger partial charge >= 0.3 is 0 Å². The van der Waals surface area contributed by atoms with Gasteiger partial charge in [-0.1, -0.05) is 60.7 Å². The topological polar surface area (TPSA) is 46.9 Å². The molecule has 3 aromatic rings. The summed E-state index contributed by atoms with van der Waals surface area (Å²) in [6.07, 6.45) is 1.37. The Hall–Kier alpha value is -2.88. The molecular weight excluding hydrogens is 310 g/mol. The van der Waals surface area contributed by atoms with E-state index in [1.165, 1.54) is 16.7 Å². The Labute approximate surface area is 147 Å². The molecule has 1 aliphatic rings. The Morgan fingerprint density at radius 2 is 1.68 bits per heavy atom. The summed E-state index contributed by atoms with van der Waals surface area (Å²) in [6, 6.07) is 20.6. The van der Waals surface area contributed by atoms with E-state index >= 15 is 0 Å². The summed E-state index contributed by atoms with van der Waals surface area (Å²) in [5.74, 6) is 0.957. The van der Waals surface area contributed by atoms with Crippen molar-refractivity contribution >= 4 is 11.7 Å². The Kier molecular flexibility index (Phi) is 4.10. The number of anilines is 1. The SMILES string of the molecule is Cc1c2c(nn1Cc1ccccc1)NC(=O)C[C@H]2Cc1ccccc1. The van der Waals surface area contributed by atoms with Crippen LogP contribution in [0.15, 0.2) is 60.7 Å². The first kappa shape index (κ1) is 15.6. The Morgan fingerprint density at radius 3 is 2.36 bits per heavy atom. The van der Waals surface area contributed by atoms with Gasteiger partial charge in [0.15, 0.2) is 5.82 Å². The van der Waals surface area contributed by atoms with Gasteiger partial charge in [-0.15, -0.1) is 0 Å². The molecule has 1 N–H and O–H groups in total. The number of nitrogens with one attached hydrogen (secondary N) is 1. The molecule has 126 valence electrons. The maximum atomic E-state index is 12.1. The number of amides is 1. The molecule has 0 aliphatic carbocycles. The van der Waals surface area contributed by atoms with Crippen LogP contribution in [0.5, 0.6) is 0 Å². The fourth-order valence-corrected chi connectivity index (χ4v) is 3.63. The van der Waals surface area contributed by atoms with E-state index in [9.17, 15) is 4.79 Å². The first-order valence-corrected chi connectivity index (χ1v) is 8.65. The molecule has 0 fully saturated rings. The van der Waals surface area contributed by atoms with Gasteiger partial charge in [0.1, 0.15) is 0 Å². The van der Waals surface area contributed by atoms with Crippen LogP contribution in [0.1, 0.15) is 34.7 Å². The monoisotopic (exact) mass is 331 g/mol. The summed E-state index contributed by atoms with van der Waals surface area (Å²) >= 11 is 0. The average Bonchev–Trinajstić information content (AvgIpc) is 2.92. The normalized spacial score (nSPS) is 16.4. The smallest absolute Gasteiger partial charge is 0.226 e. The standard InChI is InChI=1S/C21H21N3O/c1-15-20-18(12-16-8-4-2-5-9-16)13-19(25)22-21(20)23-24(15)14-17-10-6-3-7-11-17/h2-11,18H,12-14H2,1H3,(H,22,23,25)/t18-/m1/s1. The van der Waals surface area contributed by atoms with Crippen LogP contribution in [-0.2, 0) is 17.8 Å². The summed E-state index contributed by atoms with van der Waals surface area (Å²) in [5, 5.41) is 7.62. The lowest BCUT2D eigenvalue weighted by Gasteiger charge is -2.22. The molecule has 1 aromatic heterocycles. The molecule has 1 aliphatic heterocycles. The molecule has 0 saturated carbocycles. The predicted molar refractivity (Wildman–Crippen MR) is 98.6 cm³/mol. The molecule has 25 heavy (non-hydrogen) atoms. The summed E-state index contributed by atoms with van der Waals surface area (Å²) in [4.78, 5) is 12.1. The van der Waals surface area contributed by atoms with Crippen molar-refractivity contribution < 1.29 is 4.79 Å². The maximum Gasteiger partial charge on any atom is 0.226 e. The van der Waals surface area contributed by atoms with Gasteiger partial charge in [-0.2, -0.15) is 5.10 Å². The van der Waals surface area contributed by atoms with Crippen molar-refractivity contribution in [2.45, 2.75) is 32.2 Å². The van der Waals surface area contributed by atoms with Crippen LogP contribution >= 0.6 is 0 Å². The molecule has 4 rings (SSSR count). The van der Waals surface area contributed by atoms with E-state index < -0.39 is 0 Å². The second-order valence-electron chi connectivity index (χ2n) is 6.63. The van der Waals surface area contributed by atoms with E-state index in [2.05, 4.69) is 41.6 Å². The third-order valence-electron chi connectivity index (χ3n) is 4.85. The van der Waals surface area contributed by atoms with Gasteiger partial charge in [-0.05, 0) is 24.5 Å². The number of rotatable bonds is 4. The molecule has 1 atom stereocenters. The molecule has 2 heterocycles. The highest BCUT2D eigenvalue weighted by atomic mass is 16.1. The zero-order chi connectivity index (χ0) is 17.2. The Morgan fingerprint density at radius 1 is 1.04 bits per heavy atom. The lowest BCUT2D eigenvalue weighted by atomic mass is 9.86. The lowest BCUT2D eigenvalue weighted by Crippen LogP contribution is -2.24. The largest absolute Gasteiger partial charge is 0.309 e. The second-order valence-corrected chi connectivity index (χ2v) is 6.63. The zero-order valence-electron chi connectivity index (χ0n) is 14.3. The van der Waals surface area contributed by atoms with Gasteiger partial charge in [0.2, 0.25) is 5.91 Å². The lowest BCUT2D eigenvalue weighted by molar-refractivity contribution is -0.116. The van der Waals surface area contributed by atoms with Gasteiger partial charge in [0.25, 0.3) is 0 Å². The number of nitrogens with zero attached hydrogens (tertiary/aromatic N) is 2. The van der Waals surface area contributed by atoms with Crippen molar-refractivity contribution in [2.75, 3.05) is 5.32 Å². The van der Waals surface area contributed by atoms with Gasteiger partial charge in [-0.25, -0.2) is 0 Å². The quantitative estimate of drug-likeness (QED) is 0.788. The fourth-order valence-electron chi connectivity index (χ4n) is 3.63. The summed E-state index contributed by atoms with van der Waals surface area (Å²) < 4.78 is 2.00. The molecular formula is C21H21N3O.